The molecule has 0 radical (unpaired) electrons. The molecule has 8 heteroatoms. The fourth-order valence-electron chi connectivity index (χ4n) is 1.72. The molecule has 0 saturated heterocycles. The van der Waals surface area contributed by atoms with Gasteiger partial charge in [0.1, 0.15) is 0 Å². The molecule has 0 aromatic carbocycles. The smallest absolute Gasteiger partial charge is 0.308 e. The molecule has 0 aliphatic heterocycles. The number of rotatable bonds is 10. The Balaban J connectivity index is 3.68. The maximum Gasteiger partial charge on any atom is 0.308 e. The predicted molar refractivity (Wildman–Crippen MR) is 77.7 cm³/mol. The number of carbonyl (C=O) groups excluding carboxylic acids is 4. The zero-order chi connectivity index (χ0) is 17.8. The van der Waals surface area contributed by atoms with E-state index in [0.717, 1.165) is 0 Å². The van der Waals surface area contributed by atoms with Crippen molar-refractivity contribution in [1.82, 2.24) is 0 Å². The molecule has 0 aliphatic rings. The average molecular weight is 332 g/mol. The first-order valence-electron chi connectivity index (χ1n) is 7.44. The normalized spacial score (nSPS) is 12.7. The van der Waals surface area contributed by atoms with E-state index in [2.05, 4.69) is 9.47 Å². The fourth-order valence-corrected chi connectivity index (χ4v) is 1.72. The van der Waals surface area contributed by atoms with E-state index in [4.69, 9.17) is 9.47 Å². The Hall–Kier alpha value is -2.12. The Morgan fingerprint density at radius 1 is 0.652 bits per heavy atom. The Kier molecular flexibility index (Phi) is 10.4. The monoisotopic (exact) mass is 332 g/mol. The molecular formula is C15H24O8. The molecule has 0 aromatic heterocycles. The zero-order valence-corrected chi connectivity index (χ0v) is 14.0. The fraction of sp³-hybridized carbons (Fsp3) is 0.733. The topological polar surface area (TPSA) is 105 Å². The van der Waals surface area contributed by atoms with E-state index in [0.29, 0.717) is 19.3 Å². The average Bonchev–Trinajstić information content (AvgIpc) is 2.35. The van der Waals surface area contributed by atoms with Gasteiger partial charge in [-0.15, -0.1) is 0 Å². The van der Waals surface area contributed by atoms with Gasteiger partial charge in [-0.05, 0) is 12.8 Å². The summed E-state index contributed by atoms with van der Waals surface area (Å²) in [4.78, 5) is 44.2. The summed E-state index contributed by atoms with van der Waals surface area (Å²) < 4.78 is 19.0. The molecule has 0 amide bonds. The van der Waals surface area contributed by atoms with Gasteiger partial charge in [0.2, 0.25) is 12.6 Å². The van der Waals surface area contributed by atoms with Crippen molar-refractivity contribution in [2.75, 3.05) is 0 Å². The molecule has 0 heterocycles. The summed E-state index contributed by atoms with van der Waals surface area (Å²) in [6, 6.07) is 0. The molecule has 0 fully saturated rings. The molecule has 132 valence electrons. The second-order valence-corrected chi connectivity index (χ2v) is 4.89. The van der Waals surface area contributed by atoms with Gasteiger partial charge in [0.25, 0.3) is 0 Å². The second-order valence-electron chi connectivity index (χ2n) is 4.89. The van der Waals surface area contributed by atoms with E-state index < -0.39 is 36.5 Å². The quantitative estimate of drug-likeness (QED) is 0.339. The van der Waals surface area contributed by atoms with Crippen LogP contribution in [-0.4, -0.2) is 36.5 Å². The summed E-state index contributed by atoms with van der Waals surface area (Å²) >= 11 is 0. The minimum atomic E-state index is -0.905. The third-order valence-corrected chi connectivity index (χ3v) is 2.52. The highest BCUT2D eigenvalue weighted by Crippen LogP contribution is 2.08. The summed E-state index contributed by atoms with van der Waals surface area (Å²) in [5.41, 5.74) is 0. The third-order valence-electron chi connectivity index (χ3n) is 2.52. The maximum absolute atomic E-state index is 11.4. The lowest BCUT2D eigenvalue weighted by Gasteiger charge is -2.13. The minimum Gasteiger partial charge on any atom is -0.426 e. The van der Waals surface area contributed by atoms with Gasteiger partial charge in [-0.25, -0.2) is 0 Å². The van der Waals surface area contributed by atoms with Crippen molar-refractivity contribution in [3.8, 4) is 0 Å². The SMILES string of the molecule is CC(=O)OC(C)OC(=O)CCCCCC(=O)OC(C)OC(C)=O. The molecule has 0 aromatic rings. The number of hydrogen-bond acceptors (Lipinski definition) is 8. The van der Waals surface area contributed by atoms with Crippen molar-refractivity contribution in [3.63, 3.8) is 0 Å². The highest BCUT2D eigenvalue weighted by Gasteiger charge is 2.13. The van der Waals surface area contributed by atoms with Crippen molar-refractivity contribution in [2.24, 2.45) is 0 Å². The number of ether oxygens (including phenoxy) is 4. The first kappa shape index (κ1) is 20.9. The molecule has 2 atom stereocenters. The van der Waals surface area contributed by atoms with Crippen LogP contribution in [0, 0.1) is 0 Å². The summed E-state index contributed by atoms with van der Waals surface area (Å²) in [6.45, 7) is 5.37. The predicted octanol–water partition coefficient (Wildman–Crippen LogP) is 1.84. The minimum absolute atomic E-state index is 0.171. The molecule has 0 spiro atoms. The second kappa shape index (κ2) is 11.4. The standard InChI is InChI=1S/C15H24O8/c1-10(16)20-12(3)22-14(18)8-6-5-7-9-15(19)23-13(4)21-11(2)17/h12-13H,5-9H2,1-4H3. The van der Waals surface area contributed by atoms with E-state index in [1.807, 2.05) is 0 Å². The molecule has 0 N–H and O–H groups in total. The van der Waals surface area contributed by atoms with Gasteiger partial charge in [-0.2, -0.15) is 0 Å². The molecular weight excluding hydrogens is 308 g/mol. The number of unbranched alkanes of at least 4 members (excludes halogenated alkanes) is 2. The van der Waals surface area contributed by atoms with Gasteiger partial charge in [0.15, 0.2) is 0 Å². The van der Waals surface area contributed by atoms with Gasteiger partial charge in [0.05, 0.1) is 0 Å². The third kappa shape index (κ3) is 13.3. The molecule has 2 unspecified atom stereocenters. The van der Waals surface area contributed by atoms with E-state index in [-0.39, 0.29) is 12.8 Å². The lowest BCUT2D eigenvalue weighted by atomic mass is 10.1. The Bertz CT molecular complexity index is 380. The Labute approximate surface area is 135 Å². The molecule has 23 heavy (non-hydrogen) atoms. The van der Waals surface area contributed by atoms with Crippen LogP contribution in [0.1, 0.15) is 59.8 Å². The van der Waals surface area contributed by atoms with Crippen LogP contribution in [0.2, 0.25) is 0 Å². The van der Waals surface area contributed by atoms with Crippen LogP contribution >= 0.6 is 0 Å². The first-order chi connectivity index (χ1) is 10.7. The molecule has 0 aliphatic carbocycles. The number of hydrogen-bond donors (Lipinski definition) is 0. The first-order valence-corrected chi connectivity index (χ1v) is 7.44. The van der Waals surface area contributed by atoms with E-state index in [1.54, 1.807) is 0 Å². The summed E-state index contributed by atoms with van der Waals surface area (Å²) in [7, 11) is 0. The van der Waals surface area contributed by atoms with Crippen molar-refractivity contribution < 1.29 is 38.1 Å². The Morgan fingerprint density at radius 3 is 1.30 bits per heavy atom. The Morgan fingerprint density at radius 2 is 1.00 bits per heavy atom. The van der Waals surface area contributed by atoms with Crippen molar-refractivity contribution >= 4 is 23.9 Å². The number of esters is 4. The largest absolute Gasteiger partial charge is 0.426 e. The van der Waals surface area contributed by atoms with Gasteiger partial charge in [0, 0.05) is 40.5 Å². The van der Waals surface area contributed by atoms with Gasteiger partial charge in [-0.1, -0.05) is 6.42 Å². The number of carbonyl (C=O) groups is 4. The lowest BCUT2D eigenvalue weighted by molar-refractivity contribution is -0.184. The van der Waals surface area contributed by atoms with Crippen LogP contribution in [0.3, 0.4) is 0 Å². The van der Waals surface area contributed by atoms with Crippen molar-refractivity contribution in [2.45, 2.75) is 72.4 Å². The van der Waals surface area contributed by atoms with Crippen molar-refractivity contribution in [3.05, 3.63) is 0 Å². The van der Waals surface area contributed by atoms with E-state index in [1.165, 1.54) is 27.7 Å². The van der Waals surface area contributed by atoms with Crippen LogP contribution < -0.4 is 0 Å². The maximum atomic E-state index is 11.4. The summed E-state index contributed by atoms with van der Waals surface area (Å²) in [6.07, 6.45) is 0.246. The summed E-state index contributed by atoms with van der Waals surface area (Å²) in [5, 5.41) is 0. The van der Waals surface area contributed by atoms with Gasteiger partial charge in [-0.3, -0.25) is 19.2 Å². The van der Waals surface area contributed by atoms with Gasteiger partial charge < -0.3 is 18.9 Å². The van der Waals surface area contributed by atoms with Crippen LogP contribution in [0.4, 0.5) is 0 Å². The van der Waals surface area contributed by atoms with E-state index >= 15 is 0 Å². The molecule has 0 bridgehead atoms. The lowest BCUT2D eigenvalue weighted by Crippen LogP contribution is -2.20. The highest BCUT2D eigenvalue weighted by molar-refractivity contribution is 5.71. The van der Waals surface area contributed by atoms with Crippen LogP contribution in [0.25, 0.3) is 0 Å². The molecule has 0 saturated carbocycles. The van der Waals surface area contributed by atoms with Crippen LogP contribution in [0.5, 0.6) is 0 Å². The van der Waals surface area contributed by atoms with Crippen LogP contribution in [-0.2, 0) is 38.1 Å². The van der Waals surface area contributed by atoms with Crippen molar-refractivity contribution in [1.29, 1.82) is 0 Å². The molecule has 8 nitrogen and oxygen atoms in total. The van der Waals surface area contributed by atoms with Gasteiger partial charge >= 0.3 is 23.9 Å². The van der Waals surface area contributed by atoms with E-state index in [9.17, 15) is 19.2 Å². The zero-order valence-electron chi connectivity index (χ0n) is 14.0. The molecule has 0 rings (SSSR count). The summed E-state index contributed by atoms with van der Waals surface area (Å²) in [5.74, 6) is -1.98. The highest BCUT2D eigenvalue weighted by atomic mass is 16.7. The van der Waals surface area contributed by atoms with Crippen LogP contribution in [0.15, 0.2) is 0 Å².